The lowest BCUT2D eigenvalue weighted by atomic mass is 10.0. The maximum atomic E-state index is 11.3. The molecule has 0 spiro atoms. The number of hydrogen-bond acceptors (Lipinski definition) is 5. The van der Waals surface area contributed by atoms with E-state index in [0.29, 0.717) is 0 Å². The quantitative estimate of drug-likeness (QED) is 0.697. The molecule has 0 aromatic heterocycles. The summed E-state index contributed by atoms with van der Waals surface area (Å²) in [7, 11) is 2.41. The second kappa shape index (κ2) is 4.94. The monoisotopic (exact) mass is 219 g/mol. The molecule has 0 bridgehead atoms. The minimum atomic E-state index is -0.665. The van der Waals surface area contributed by atoms with E-state index < -0.39 is 11.9 Å². The Hall–Kier alpha value is -2.35. The second-order valence-electron chi connectivity index (χ2n) is 2.82. The van der Waals surface area contributed by atoms with Crippen molar-refractivity contribution in [2.75, 3.05) is 14.2 Å². The largest absolute Gasteiger partial charge is 0.465 e. The van der Waals surface area contributed by atoms with E-state index in [4.69, 9.17) is 5.26 Å². The van der Waals surface area contributed by atoms with Crippen molar-refractivity contribution < 1.29 is 19.1 Å². The lowest BCUT2D eigenvalue weighted by Gasteiger charge is -2.05. The summed E-state index contributed by atoms with van der Waals surface area (Å²) in [5.41, 5.74) is 0.0574. The molecule has 0 atom stereocenters. The van der Waals surface area contributed by atoms with Gasteiger partial charge in [-0.1, -0.05) is 6.07 Å². The van der Waals surface area contributed by atoms with Gasteiger partial charge in [0.2, 0.25) is 0 Å². The third-order valence-corrected chi connectivity index (χ3v) is 1.99. The van der Waals surface area contributed by atoms with Crippen LogP contribution in [0.15, 0.2) is 18.2 Å². The lowest BCUT2D eigenvalue weighted by Crippen LogP contribution is -2.10. The van der Waals surface area contributed by atoms with Crippen LogP contribution in [0.25, 0.3) is 0 Å². The van der Waals surface area contributed by atoms with Gasteiger partial charge in [0.15, 0.2) is 0 Å². The first-order chi connectivity index (χ1) is 7.65. The number of ether oxygens (including phenoxy) is 2. The fourth-order valence-electron chi connectivity index (χ4n) is 1.23. The lowest BCUT2D eigenvalue weighted by molar-refractivity contribution is 0.0598. The van der Waals surface area contributed by atoms with Crippen LogP contribution in [0.2, 0.25) is 0 Å². The van der Waals surface area contributed by atoms with E-state index >= 15 is 0 Å². The molecule has 0 heterocycles. The number of methoxy groups -OCH3 is 2. The maximum Gasteiger partial charge on any atom is 0.339 e. The summed E-state index contributed by atoms with van der Waals surface area (Å²) < 4.78 is 9.01. The summed E-state index contributed by atoms with van der Waals surface area (Å²) >= 11 is 0. The highest BCUT2D eigenvalue weighted by atomic mass is 16.5. The van der Waals surface area contributed by atoms with Gasteiger partial charge >= 0.3 is 11.9 Å². The van der Waals surface area contributed by atoms with Crippen molar-refractivity contribution >= 4 is 11.9 Å². The van der Waals surface area contributed by atoms with Gasteiger partial charge in [-0.05, 0) is 12.1 Å². The second-order valence-corrected chi connectivity index (χ2v) is 2.82. The van der Waals surface area contributed by atoms with Crippen molar-refractivity contribution in [1.29, 1.82) is 5.26 Å². The molecule has 0 aliphatic rings. The molecular weight excluding hydrogens is 210 g/mol. The average Bonchev–Trinajstić information content (AvgIpc) is 2.35. The smallest absolute Gasteiger partial charge is 0.339 e. The number of rotatable bonds is 2. The predicted molar refractivity (Wildman–Crippen MR) is 53.8 cm³/mol. The van der Waals surface area contributed by atoms with E-state index in [1.165, 1.54) is 32.4 Å². The zero-order valence-electron chi connectivity index (χ0n) is 8.81. The van der Waals surface area contributed by atoms with Crippen molar-refractivity contribution in [3.8, 4) is 6.07 Å². The first kappa shape index (κ1) is 11.7. The summed E-state index contributed by atoms with van der Waals surface area (Å²) in [6, 6.07) is 6.11. The number of carbonyl (C=O) groups is 2. The van der Waals surface area contributed by atoms with Crippen LogP contribution in [0, 0.1) is 11.3 Å². The van der Waals surface area contributed by atoms with Gasteiger partial charge in [-0.3, -0.25) is 0 Å². The number of esters is 2. The SMILES string of the molecule is COC(=O)c1cccc(C(=O)OC)c1C#N. The van der Waals surface area contributed by atoms with Crippen LogP contribution in [0.4, 0.5) is 0 Å². The van der Waals surface area contributed by atoms with E-state index in [9.17, 15) is 9.59 Å². The highest BCUT2D eigenvalue weighted by molar-refractivity contribution is 5.99. The first-order valence-corrected chi connectivity index (χ1v) is 4.35. The first-order valence-electron chi connectivity index (χ1n) is 4.35. The third-order valence-electron chi connectivity index (χ3n) is 1.99. The van der Waals surface area contributed by atoms with Crippen molar-refractivity contribution in [3.63, 3.8) is 0 Å². The van der Waals surface area contributed by atoms with E-state index in [2.05, 4.69) is 9.47 Å². The van der Waals surface area contributed by atoms with Crippen molar-refractivity contribution in [1.82, 2.24) is 0 Å². The molecule has 0 aliphatic heterocycles. The van der Waals surface area contributed by atoms with Gasteiger partial charge in [0, 0.05) is 0 Å². The maximum absolute atomic E-state index is 11.3. The molecule has 0 radical (unpaired) electrons. The molecule has 0 saturated heterocycles. The fourth-order valence-corrected chi connectivity index (χ4v) is 1.23. The molecule has 1 aromatic rings. The van der Waals surface area contributed by atoms with Crippen LogP contribution >= 0.6 is 0 Å². The van der Waals surface area contributed by atoms with Gasteiger partial charge in [-0.15, -0.1) is 0 Å². The number of benzene rings is 1. The van der Waals surface area contributed by atoms with Gasteiger partial charge in [0.25, 0.3) is 0 Å². The van der Waals surface area contributed by atoms with E-state index in [0.717, 1.165) is 0 Å². The fraction of sp³-hybridized carbons (Fsp3) is 0.182. The van der Waals surface area contributed by atoms with Gasteiger partial charge in [-0.25, -0.2) is 9.59 Å². The van der Waals surface area contributed by atoms with E-state index in [1.807, 2.05) is 0 Å². The molecule has 82 valence electrons. The minimum absolute atomic E-state index is 0.0406. The Morgan fingerprint density at radius 2 is 1.56 bits per heavy atom. The molecule has 5 nitrogen and oxygen atoms in total. The van der Waals surface area contributed by atoms with Gasteiger partial charge < -0.3 is 9.47 Å². The minimum Gasteiger partial charge on any atom is -0.465 e. The van der Waals surface area contributed by atoms with Crippen LogP contribution in [0.1, 0.15) is 26.3 Å². The highest BCUT2D eigenvalue weighted by Gasteiger charge is 2.19. The Kier molecular flexibility index (Phi) is 3.62. The van der Waals surface area contributed by atoms with Crippen molar-refractivity contribution in [2.24, 2.45) is 0 Å². The van der Waals surface area contributed by atoms with Gasteiger partial charge in [0.1, 0.15) is 6.07 Å². The summed E-state index contributed by atoms with van der Waals surface area (Å²) in [4.78, 5) is 22.7. The number of nitrogens with zero attached hydrogens (tertiary/aromatic N) is 1. The molecule has 1 aromatic carbocycles. The Balaban J connectivity index is 3.39. The molecule has 0 N–H and O–H groups in total. The summed E-state index contributed by atoms with van der Waals surface area (Å²) in [5, 5.41) is 8.92. The molecule has 0 fully saturated rings. The standard InChI is InChI=1S/C11H9NO4/c1-15-10(13)7-4-3-5-8(9(7)6-12)11(14)16-2/h3-5H,1-2H3. The molecule has 1 rings (SSSR count). The van der Waals surface area contributed by atoms with E-state index in [1.54, 1.807) is 6.07 Å². The van der Waals surface area contributed by atoms with Crippen LogP contribution in [0.3, 0.4) is 0 Å². The zero-order valence-corrected chi connectivity index (χ0v) is 8.81. The Morgan fingerprint density at radius 1 is 1.12 bits per heavy atom. The molecule has 0 aliphatic carbocycles. The van der Waals surface area contributed by atoms with Crippen LogP contribution in [0.5, 0.6) is 0 Å². The van der Waals surface area contributed by atoms with E-state index in [-0.39, 0.29) is 16.7 Å². The van der Waals surface area contributed by atoms with Crippen LogP contribution < -0.4 is 0 Å². The molecule has 5 heteroatoms. The molecule has 0 unspecified atom stereocenters. The number of nitriles is 1. The Labute approximate surface area is 92.2 Å². The summed E-state index contributed by atoms with van der Waals surface area (Å²) in [5.74, 6) is -1.33. The van der Waals surface area contributed by atoms with Crippen LogP contribution in [-0.2, 0) is 9.47 Å². The van der Waals surface area contributed by atoms with Crippen molar-refractivity contribution in [3.05, 3.63) is 34.9 Å². The summed E-state index contributed by atoms with van der Waals surface area (Å²) in [6.45, 7) is 0. The molecule has 0 amide bonds. The average molecular weight is 219 g/mol. The number of hydrogen-bond donors (Lipinski definition) is 0. The van der Waals surface area contributed by atoms with Gasteiger partial charge in [-0.2, -0.15) is 5.26 Å². The molecular formula is C11H9NO4. The van der Waals surface area contributed by atoms with Crippen molar-refractivity contribution in [2.45, 2.75) is 0 Å². The predicted octanol–water partition coefficient (Wildman–Crippen LogP) is 1.13. The number of carbonyl (C=O) groups excluding carboxylic acids is 2. The van der Waals surface area contributed by atoms with Crippen LogP contribution in [-0.4, -0.2) is 26.2 Å². The van der Waals surface area contributed by atoms with Gasteiger partial charge in [0.05, 0.1) is 30.9 Å². The molecule has 0 saturated carbocycles. The topological polar surface area (TPSA) is 76.4 Å². The third kappa shape index (κ3) is 2.01. The Morgan fingerprint density at radius 3 is 1.88 bits per heavy atom. The Bertz CT molecular complexity index is 439. The zero-order chi connectivity index (χ0) is 12.1. The highest BCUT2D eigenvalue weighted by Crippen LogP contribution is 2.15. The normalized spacial score (nSPS) is 9.06. The summed E-state index contributed by atoms with van der Waals surface area (Å²) in [6.07, 6.45) is 0. The molecule has 16 heavy (non-hydrogen) atoms.